The van der Waals surface area contributed by atoms with Crippen LogP contribution in [0.25, 0.3) is 22.4 Å². The van der Waals surface area contributed by atoms with Crippen molar-refractivity contribution >= 4 is 23.4 Å². The van der Waals surface area contributed by atoms with Crippen molar-refractivity contribution in [3.05, 3.63) is 142 Å². The summed E-state index contributed by atoms with van der Waals surface area (Å²) in [4.78, 5) is 47.4. The molecule has 0 spiro atoms. The van der Waals surface area contributed by atoms with Gasteiger partial charge in [-0.15, -0.1) is 0 Å². The molecule has 62 heavy (non-hydrogen) atoms. The second kappa shape index (κ2) is 17.0. The first-order valence-electron chi connectivity index (χ1n) is 21.4. The van der Waals surface area contributed by atoms with Gasteiger partial charge in [-0.3, -0.25) is 19.1 Å². The number of carbonyl (C=O) groups excluding carboxylic acids is 3. The van der Waals surface area contributed by atoms with Gasteiger partial charge in [0.2, 0.25) is 5.91 Å². The van der Waals surface area contributed by atoms with Crippen LogP contribution in [0.5, 0.6) is 11.5 Å². The number of fused-ring (bicyclic) bond motifs is 2. The van der Waals surface area contributed by atoms with Crippen molar-refractivity contribution < 1.29 is 29.0 Å². The zero-order chi connectivity index (χ0) is 43.1. The lowest BCUT2D eigenvalue weighted by Crippen LogP contribution is -2.43. The zero-order valence-corrected chi connectivity index (χ0v) is 35.7. The fourth-order valence-electron chi connectivity index (χ4n) is 9.09. The number of nitrogens with one attached hydrogen (secondary N) is 1. The van der Waals surface area contributed by atoms with Crippen molar-refractivity contribution in [3.8, 4) is 33.9 Å². The van der Waals surface area contributed by atoms with Gasteiger partial charge in [-0.25, -0.2) is 0 Å². The lowest BCUT2D eigenvalue weighted by molar-refractivity contribution is -0.131. The van der Waals surface area contributed by atoms with Gasteiger partial charge in [-0.05, 0) is 103 Å². The van der Waals surface area contributed by atoms with Gasteiger partial charge in [0, 0.05) is 81.4 Å². The number of hydrogen-bond donors (Lipinski definition) is 2. The molecule has 0 radical (unpaired) electrons. The third kappa shape index (κ3) is 8.10. The predicted molar refractivity (Wildman–Crippen MR) is 237 cm³/mol. The Morgan fingerprint density at radius 2 is 1.69 bits per heavy atom. The molecular weight excluding hydrogens is 781 g/mol. The van der Waals surface area contributed by atoms with Crippen molar-refractivity contribution in [2.24, 2.45) is 14.1 Å². The number of anilines is 1. The molecule has 12 nitrogen and oxygen atoms in total. The van der Waals surface area contributed by atoms with Crippen molar-refractivity contribution in [2.45, 2.75) is 71.2 Å². The van der Waals surface area contributed by atoms with E-state index in [4.69, 9.17) is 9.47 Å². The Labute approximate surface area is 361 Å². The number of phenols is 1. The summed E-state index contributed by atoms with van der Waals surface area (Å²) < 4.78 is 15.0. The van der Waals surface area contributed by atoms with Crippen LogP contribution < -0.4 is 10.1 Å². The van der Waals surface area contributed by atoms with E-state index in [-0.39, 0.29) is 35.9 Å². The minimum Gasteiger partial charge on any atom is -0.508 e. The minimum absolute atomic E-state index is 0.0154. The summed E-state index contributed by atoms with van der Waals surface area (Å²) >= 11 is 0. The molecule has 2 N–H and O–H groups in total. The second-order valence-electron chi connectivity index (χ2n) is 16.9. The van der Waals surface area contributed by atoms with Gasteiger partial charge in [-0.2, -0.15) is 5.10 Å². The maximum Gasteiger partial charge on any atom is 0.258 e. The Kier molecular flexibility index (Phi) is 11.2. The molecule has 1 fully saturated rings. The monoisotopic (exact) mass is 832 g/mol. The third-order valence-electron chi connectivity index (χ3n) is 12.8. The molecular formula is C50H52N6O6. The molecule has 1 saturated heterocycles. The molecule has 4 aromatic carbocycles. The van der Waals surface area contributed by atoms with E-state index in [9.17, 15) is 14.7 Å². The number of hydrogen-bond acceptors (Lipinski definition) is 7. The van der Waals surface area contributed by atoms with Gasteiger partial charge in [0.25, 0.3) is 11.8 Å². The minimum atomic E-state index is -0.317. The van der Waals surface area contributed by atoms with E-state index in [2.05, 4.69) is 35.5 Å². The van der Waals surface area contributed by atoms with Crippen molar-refractivity contribution in [2.75, 3.05) is 25.1 Å². The quantitative estimate of drug-likeness (QED) is 0.137. The number of nitrogens with zero attached hydrogens (tertiary/aromatic N) is 5. The smallest absolute Gasteiger partial charge is 0.258 e. The topological polar surface area (TPSA) is 131 Å². The highest BCUT2D eigenvalue weighted by Gasteiger charge is 2.34. The fraction of sp³-hybridized carbons (Fsp3) is 0.320. The van der Waals surface area contributed by atoms with Crippen LogP contribution in [0.15, 0.2) is 97.3 Å². The van der Waals surface area contributed by atoms with E-state index >= 15 is 4.79 Å². The van der Waals surface area contributed by atoms with E-state index in [1.54, 1.807) is 48.4 Å². The summed E-state index contributed by atoms with van der Waals surface area (Å²) in [5, 5.41) is 17.6. The number of aromatic nitrogens is 3. The molecule has 1 unspecified atom stereocenters. The third-order valence-corrected chi connectivity index (χ3v) is 12.8. The zero-order valence-electron chi connectivity index (χ0n) is 35.7. The summed E-state index contributed by atoms with van der Waals surface area (Å²) in [6, 6.07) is 26.8. The number of aromatic hydroxyl groups is 1. The van der Waals surface area contributed by atoms with Crippen LogP contribution in [0.1, 0.15) is 74.0 Å². The van der Waals surface area contributed by atoms with Gasteiger partial charge in [0.15, 0.2) is 0 Å². The maximum absolute atomic E-state index is 15.3. The molecule has 3 aliphatic heterocycles. The van der Waals surface area contributed by atoms with Gasteiger partial charge in [0.05, 0.1) is 42.3 Å². The molecule has 3 aliphatic rings. The molecule has 5 heterocycles. The van der Waals surface area contributed by atoms with Crippen LogP contribution in [0.4, 0.5) is 5.69 Å². The van der Waals surface area contributed by atoms with E-state index in [0.29, 0.717) is 83.7 Å². The Morgan fingerprint density at radius 1 is 0.935 bits per heavy atom. The highest BCUT2D eigenvalue weighted by atomic mass is 16.5. The van der Waals surface area contributed by atoms with Gasteiger partial charge in [-0.1, -0.05) is 48.5 Å². The predicted octanol–water partition coefficient (Wildman–Crippen LogP) is 7.63. The Hall–Kier alpha value is -6.66. The van der Waals surface area contributed by atoms with Crippen LogP contribution in [0.2, 0.25) is 0 Å². The van der Waals surface area contributed by atoms with Crippen molar-refractivity contribution in [1.29, 1.82) is 0 Å². The highest BCUT2D eigenvalue weighted by Crippen LogP contribution is 2.43. The summed E-state index contributed by atoms with van der Waals surface area (Å²) in [5.41, 5.74) is 10.2. The Balaban J connectivity index is 1.08. The lowest BCUT2D eigenvalue weighted by atomic mass is 9.87. The first kappa shape index (κ1) is 40.7. The molecule has 0 bridgehead atoms. The molecule has 3 amide bonds. The normalized spacial score (nSPS) is 16.9. The highest BCUT2D eigenvalue weighted by molar-refractivity contribution is 6.13. The van der Waals surface area contributed by atoms with E-state index in [0.717, 1.165) is 53.9 Å². The van der Waals surface area contributed by atoms with Crippen molar-refractivity contribution in [1.82, 2.24) is 24.1 Å². The Morgan fingerprint density at radius 3 is 2.40 bits per heavy atom. The molecule has 2 aromatic heterocycles. The first-order valence-corrected chi connectivity index (χ1v) is 21.4. The van der Waals surface area contributed by atoms with Crippen LogP contribution in [-0.4, -0.2) is 78.9 Å². The molecule has 0 saturated carbocycles. The number of amides is 3. The van der Waals surface area contributed by atoms with Gasteiger partial charge in [0.1, 0.15) is 11.5 Å². The van der Waals surface area contributed by atoms with E-state index < -0.39 is 0 Å². The number of phenolic OH excluding ortho intramolecular Hbond substituents is 1. The SMILES string of the molecule is Cc1c(C(=O)Nc2cnn(C)c2)c(-c2ccc(O)cc2)c(-c2cc3c(cc2C(=O)N2Cc4ccccc4C[C@H]2C)CN(C(=O)Cc2ccc(OCCC4CCO4)cc2)CC3)n1C. The van der Waals surface area contributed by atoms with Crippen LogP contribution in [-0.2, 0) is 56.0 Å². The standard InChI is InChI=1S/C50H52N6O6/c1-31-23-35-7-5-6-8-37(35)29-56(31)50(60)44-26-38-28-55(45(58)24-33-9-15-41(16-10-33)61-21-18-42-19-22-62-42)20-17-36(38)25-43(44)48-47(34-11-13-40(57)14-12-34)46(32(2)54(48)4)49(59)52-39-27-51-53(3)30-39/h5-16,25-27,30-31,42,57H,17-24,28-29H2,1-4H3,(H,52,59)/t31-,42?/m1/s1. The van der Waals surface area contributed by atoms with E-state index in [1.165, 1.54) is 5.56 Å². The molecule has 318 valence electrons. The van der Waals surface area contributed by atoms with Gasteiger partial charge < -0.3 is 34.3 Å². The molecule has 2 atom stereocenters. The van der Waals surface area contributed by atoms with E-state index in [1.807, 2.05) is 70.8 Å². The fourth-order valence-corrected chi connectivity index (χ4v) is 9.09. The summed E-state index contributed by atoms with van der Waals surface area (Å²) in [7, 11) is 3.71. The number of benzene rings is 4. The summed E-state index contributed by atoms with van der Waals surface area (Å²) in [5.74, 6) is 0.455. The molecule has 0 aliphatic carbocycles. The average Bonchev–Trinajstić information content (AvgIpc) is 3.78. The number of aryl methyl sites for hydroxylation is 1. The average molecular weight is 833 g/mol. The Bertz CT molecular complexity index is 2660. The van der Waals surface area contributed by atoms with Crippen LogP contribution in [0, 0.1) is 6.92 Å². The summed E-state index contributed by atoms with van der Waals surface area (Å²) in [6.45, 7) is 6.78. The second-order valence-corrected chi connectivity index (χ2v) is 16.9. The van der Waals surface area contributed by atoms with Crippen LogP contribution in [0.3, 0.4) is 0 Å². The lowest BCUT2D eigenvalue weighted by Gasteiger charge is -2.36. The van der Waals surface area contributed by atoms with Crippen LogP contribution >= 0.6 is 0 Å². The summed E-state index contributed by atoms with van der Waals surface area (Å²) in [6.07, 6.45) is 7.16. The molecule has 9 rings (SSSR count). The maximum atomic E-state index is 15.3. The first-order chi connectivity index (χ1) is 30.0. The van der Waals surface area contributed by atoms with Gasteiger partial charge >= 0.3 is 0 Å². The number of ether oxygens (including phenoxy) is 2. The molecule has 12 heteroatoms. The number of carbonyl (C=O) groups is 3. The molecule has 6 aromatic rings. The largest absolute Gasteiger partial charge is 0.508 e. The van der Waals surface area contributed by atoms with Crippen molar-refractivity contribution in [3.63, 3.8) is 0 Å². The number of rotatable bonds is 11.